The van der Waals surface area contributed by atoms with Crippen LogP contribution in [0.15, 0.2) is 23.3 Å². The molecule has 0 saturated heterocycles. The number of amides is 2. The van der Waals surface area contributed by atoms with Crippen molar-refractivity contribution in [3.63, 3.8) is 0 Å². The quantitative estimate of drug-likeness (QED) is 0.495. The number of hydrogen-bond donors (Lipinski definition) is 2. The summed E-state index contributed by atoms with van der Waals surface area (Å²) in [7, 11) is 3.07. The third-order valence-electron chi connectivity index (χ3n) is 2.48. The Bertz CT molecular complexity index is 577. The number of carbonyl (C=O) groups excluding carboxylic acids is 2. The van der Waals surface area contributed by atoms with Gasteiger partial charge in [-0.1, -0.05) is 0 Å². The van der Waals surface area contributed by atoms with Crippen LogP contribution in [0.4, 0.5) is 0 Å². The summed E-state index contributed by atoms with van der Waals surface area (Å²) in [5.41, 5.74) is 2.37. The first kappa shape index (κ1) is 17.5. The predicted octanol–water partition coefficient (Wildman–Crippen LogP) is 1.07. The van der Waals surface area contributed by atoms with Crippen molar-refractivity contribution in [1.29, 1.82) is 0 Å². The number of hydrazone groups is 1. The maximum Gasteiger partial charge on any atom is 0.329 e. The van der Waals surface area contributed by atoms with E-state index >= 15 is 0 Å². The standard InChI is InChI=1S/C15H21N3O4/c1-15(2,3)17-13(19)14(20)18-16-9-10-6-7-11(21-4)12(8-10)22-5/h6-9H,1-5H3,(H,17,19)(H,18,20)/b16-9+. The van der Waals surface area contributed by atoms with Crippen LogP contribution in [0.3, 0.4) is 0 Å². The first-order valence-corrected chi connectivity index (χ1v) is 6.64. The van der Waals surface area contributed by atoms with E-state index in [-0.39, 0.29) is 0 Å². The number of benzene rings is 1. The molecule has 2 N–H and O–H groups in total. The summed E-state index contributed by atoms with van der Waals surface area (Å²) in [6.07, 6.45) is 1.41. The molecule has 1 aromatic rings. The molecule has 1 rings (SSSR count). The van der Waals surface area contributed by atoms with E-state index in [9.17, 15) is 9.59 Å². The molecule has 7 heteroatoms. The molecule has 0 aliphatic heterocycles. The molecule has 0 unspecified atom stereocenters. The van der Waals surface area contributed by atoms with E-state index in [4.69, 9.17) is 9.47 Å². The van der Waals surface area contributed by atoms with E-state index in [2.05, 4.69) is 15.8 Å². The normalized spacial score (nSPS) is 11.1. The summed E-state index contributed by atoms with van der Waals surface area (Å²) >= 11 is 0. The Labute approximate surface area is 129 Å². The maximum absolute atomic E-state index is 11.6. The summed E-state index contributed by atoms with van der Waals surface area (Å²) in [5, 5.41) is 6.28. The third-order valence-corrected chi connectivity index (χ3v) is 2.48. The summed E-state index contributed by atoms with van der Waals surface area (Å²) in [6, 6.07) is 5.16. The first-order valence-electron chi connectivity index (χ1n) is 6.64. The average Bonchev–Trinajstić information content (AvgIpc) is 2.45. The number of rotatable bonds is 4. The highest BCUT2D eigenvalue weighted by molar-refractivity contribution is 6.35. The van der Waals surface area contributed by atoms with Crippen molar-refractivity contribution in [2.75, 3.05) is 14.2 Å². The molecule has 120 valence electrons. The Kier molecular flexibility index (Phi) is 5.91. The second-order valence-corrected chi connectivity index (χ2v) is 5.52. The highest BCUT2D eigenvalue weighted by Crippen LogP contribution is 2.26. The largest absolute Gasteiger partial charge is 0.493 e. The molecule has 0 bridgehead atoms. The number of nitrogens with one attached hydrogen (secondary N) is 2. The second kappa shape index (κ2) is 7.44. The van der Waals surface area contributed by atoms with E-state index in [1.165, 1.54) is 13.3 Å². The molecule has 0 spiro atoms. The van der Waals surface area contributed by atoms with Crippen molar-refractivity contribution in [3.05, 3.63) is 23.8 Å². The van der Waals surface area contributed by atoms with Crippen LogP contribution in [0.2, 0.25) is 0 Å². The molecule has 0 heterocycles. The topological polar surface area (TPSA) is 89.0 Å². The fraction of sp³-hybridized carbons (Fsp3) is 0.400. The molecule has 0 radical (unpaired) electrons. The molecule has 22 heavy (non-hydrogen) atoms. The molecule has 0 fully saturated rings. The van der Waals surface area contributed by atoms with Crippen molar-refractivity contribution in [2.45, 2.75) is 26.3 Å². The molecule has 7 nitrogen and oxygen atoms in total. The lowest BCUT2D eigenvalue weighted by Gasteiger charge is -2.19. The van der Waals surface area contributed by atoms with Crippen molar-refractivity contribution in [1.82, 2.24) is 10.7 Å². The molecule has 0 saturated carbocycles. The molecular weight excluding hydrogens is 286 g/mol. The van der Waals surface area contributed by atoms with Crippen LogP contribution in [0.1, 0.15) is 26.3 Å². The van der Waals surface area contributed by atoms with Gasteiger partial charge in [0.1, 0.15) is 0 Å². The Balaban J connectivity index is 2.66. The van der Waals surface area contributed by atoms with Crippen LogP contribution in [0.5, 0.6) is 11.5 Å². The summed E-state index contributed by atoms with van der Waals surface area (Å²) in [5.74, 6) is -0.430. The van der Waals surface area contributed by atoms with E-state index in [1.54, 1.807) is 46.1 Å². The molecule has 2 amide bonds. The number of hydrogen-bond acceptors (Lipinski definition) is 5. The molecule has 0 aliphatic carbocycles. The molecule has 0 aromatic heterocycles. The first-order chi connectivity index (χ1) is 10.3. The fourth-order valence-corrected chi connectivity index (χ4v) is 1.55. The van der Waals surface area contributed by atoms with Crippen molar-refractivity contribution >= 4 is 18.0 Å². The number of ether oxygens (including phenoxy) is 2. The Morgan fingerprint density at radius 2 is 1.73 bits per heavy atom. The second-order valence-electron chi connectivity index (χ2n) is 5.52. The SMILES string of the molecule is COc1ccc(/C=N/NC(=O)C(=O)NC(C)(C)C)cc1OC. The summed E-state index contributed by atoms with van der Waals surface area (Å²) in [6.45, 7) is 5.35. The zero-order valence-electron chi connectivity index (χ0n) is 13.4. The summed E-state index contributed by atoms with van der Waals surface area (Å²) in [4.78, 5) is 23.1. The zero-order valence-corrected chi connectivity index (χ0v) is 13.4. The fourth-order valence-electron chi connectivity index (χ4n) is 1.55. The minimum Gasteiger partial charge on any atom is -0.493 e. The van der Waals surface area contributed by atoms with E-state index in [1.807, 2.05) is 0 Å². The van der Waals surface area contributed by atoms with Gasteiger partial charge >= 0.3 is 11.8 Å². The lowest BCUT2D eigenvalue weighted by atomic mass is 10.1. The smallest absolute Gasteiger partial charge is 0.329 e. The molecule has 1 aromatic carbocycles. The molecular formula is C15H21N3O4. The Morgan fingerprint density at radius 3 is 2.27 bits per heavy atom. The van der Waals surface area contributed by atoms with Gasteiger partial charge in [-0.15, -0.1) is 0 Å². The Morgan fingerprint density at radius 1 is 1.09 bits per heavy atom. The van der Waals surface area contributed by atoms with Gasteiger partial charge in [-0.3, -0.25) is 9.59 Å². The van der Waals surface area contributed by atoms with Crippen molar-refractivity contribution < 1.29 is 19.1 Å². The van der Waals surface area contributed by atoms with Gasteiger partial charge in [0, 0.05) is 5.54 Å². The lowest BCUT2D eigenvalue weighted by Crippen LogP contribution is -2.47. The van der Waals surface area contributed by atoms with E-state index < -0.39 is 17.4 Å². The maximum atomic E-state index is 11.6. The summed E-state index contributed by atoms with van der Waals surface area (Å²) < 4.78 is 10.3. The highest BCUT2D eigenvalue weighted by atomic mass is 16.5. The van der Waals surface area contributed by atoms with Gasteiger partial charge in [0.2, 0.25) is 0 Å². The zero-order chi connectivity index (χ0) is 16.8. The average molecular weight is 307 g/mol. The van der Waals surface area contributed by atoms with Gasteiger partial charge in [-0.05, 0) is 44.5 Å². The van der Waals surface area contributed by atoms with Gasteiger partial charge in [-0.25, -0.2) is 5.43 Å². The molecule has 0 atom stereocenters. The predicted molar refractivity (Wildman–Crippen MR) is 83.2 cm³/mol. The van der Waals surface area contributed by atoms with Crippen LogP contribution < -0.4 is 20.2 Å². The van der Waals surface area contributed by atoms with Crippen LogP contribution >= 0.6 is 0 Å². The van der Waals surface area contributed by atoms with Gasteiger partial charge in [0.15, 0.2) is 11.5 Å². The van der Waals surface area contributed by atoms with Gasteiger partial charge < -0.3 is 14.8 Å². The minimum atomic E-state index is -0.827. The van der Waals surface area contributed by atoms with Gasteiger partial charge in [0.05, 0.1) is 20.4 Å². The van der Waals surface area contributed by atoms with Crippen LogP contribution in [0.25, 0.3) is 0 Å². The van der Waals surface area contributed by atoms with E-state index in [0.29, 0.717) is 17.1 Å². The van der Waals surface area contributed by atoms with Crippen molar-refractivity contribution in [2.24, 2.45) is 5.10 Å². The monoisotopic (exact) mass is 307 g/mol. The van der Waals surface area contributed by atoms with E-state index in [0.717, 1.165) is 0 Å². The van der Waals surface area contributed by atoms with Crippen LogP contribution in [0, 0.1) is 0 Å². The van der Waals surface area contributed by atoms with Gasteiger partial charge in [0.25, 0.3) is 0 Å². The lowest BCUT2D eigenvalue weighted by molar-refractivity contribution is -0.140. The number of carbonyl (C=O) groups is 2. The minimum absolute atomic E-state index is 0.485. The van der Waals surface area contributed by atoms with Gasteiger partial charge in [-0.2, -0.15) is 5.10 Å². The molecule has 0 aliphatic rings. The third kappa shape index (κ3) is 5.43. The number of nitrogens with zero attached hydrogens (tertiary/aromatic N) is 1. The number of methoxy groups -OCH3 is 2. The Hall–Kier alpha value is -2.57. The van der Waals surface area contributed by atoms with Crippen LogP contribution in [-0.4, -0.2) is 37.8 Å². The van der Waals surface area contributed by atoms with Crippen molar-refractivity contribution in [3.8, 4) is 11.5 Å². The highest BCUT2D eigenvalue weighted by Gasteiger charge is 2.19. The van der Waals surface area contributed by atoms with Crippen LogP contribution in [-0.2, 0) is 9.59 Å².